The number of halogens is 2. The van der Waals surface area contributed by atoms with Gasteiger partial charge in [0.2, 0.25) is 5.91 Å². The highest BCUT2D eigenvalue weighted by Gasteiger charge is 2.25. The number of nitrogens with zero attached hydrogens (tertiary/aromatic N) is 1. The second kappa shape index (κ2) is 9.56. The molecule has 0 spiro atoms. The molecule has 1 aliphatic heterocycles. The molecule has 4 nitrogen and oxygen atoms in total. The van der Waals surface area contributed by atoms with Crippen molar-refractivity contribution in [1.82, 2.24) is 4.90 Å². The number of benzene rings is 2. The molecule has 1 fully saturated rings. The molecule has 0 bridgehead atoms. The first-order valence-corrected chi connectivity index (χ1v) is 9.86. The first-order valence-electron chi connectivity index (χ1n) is 9.10. The lowest BCUT2D eigenvalue weighted by Gasteiger charge is -2.31. The van der Waals surface area contributed by atoms with Gasteiger partial charge in [0, 0.05) is 35.3 Å². The van der Waals surface area contributed by atoms with E-state index in [9.17, 15) is 4.79 Å². The molecule has 1 N–H and O–H groups in total. The number of carbonyl (C=O) groups is 1. The quantitative estimate of drug-likeness (QED) is 0.734. The molecule has 0 saturated carbocycles. The number of piperidine rings is 1. The van der Waals surface area contributed by atoms with Crippen LogP contribution >= 0.6 is 23.2 Å². The van der Waals surface area contributed by atoms with Crippen LogP contribution in [0.3, 0.4) is 0 Å². The first-order chi connectivity index (χ1) is 13.0. The molecule has 3 rings (SSSR count). The van der Waals surface area contributed by atoms with Gasteiger partial charge in [-0.05, 0) is 61.3 Å². The van der Waals surface area contributed by atoms with Crippen LogP contribution in [0.15, 0.2) is 42.5 Å². The van der Waals surface area contributed by atoms with Crippen LogP contribution in [0, 0.1) is 5.92 Å². The maximum Gasteiger partial charge on any atom is 0.227 e. The molecule has 0 unspecified atom stereocenters. The number of hydrogen-bond acceptors (Lipinski definition) is 3. The van der Waals surface area contributed by atoms with Crippen LogP contribution in [-0.4, -0.2) is 31.0 Å². The smallest absolute Gasteiger partial charge is 0.227 e. The highest BCUT2D eigenvalue weighted by atomic mass is 35.5. The summed E-state index contributed by atoms with van der Waals surface area (Å²) in [5.74, 6) is 0.127. The van der Waals surface area contributed by atoms with E-state index in [-0.39, 0.29) is 11.8 Å². The summed E-state index contributed by atoms with van der Waals surface area (Å²) in [7, 11) is 1.66. The van der Waals surface area contributed by atoms with Crippen LogP contribution in [0.25, 0.3) is 0 Å². The van der Waals surface area contributed by atoms with Gasteiger partial charge in [-0.1, -0.05) is 41.4 Å². The minimum absolute atomic E-state index is 0.0352. The fraction of sp³-hybridized carbons (Fsp3) is 0.381. The number of hydrogen-bond donors (Lipinski definition) is 1. The second-order valence-electron chi connectivity index (χ2n) is 6.91. The van der Waals surface area contributed by atoms with Crippen LogP contribution in [0.1, 0.15) is 24.0 Å². The van der Waals surface area contributed by atoms with Crippen LogP contribution in [-0.2, 0) is 22.7 Å². The van der Waals surface area contributed by atoms with Gasteiger partial charge in [0.1, 0.15) is 0 Å². The van der Waals surface area contributed by atoms with Crippen molar-refractivity contribution >= 4 is 34.8 Å². The molecule has 144 valence electrons. The Balaban J connectivity index is 1.51. The largest absolute Gasteiger partial charge is 0.380 e. The van der Waals surface area contributed by atoms with E-state index in [4.69, 9.17) is 27.9 Å². The van der Waals surface area contributed by atoms with Gasteiger partial charge < -0.3 is 10.1 Å². The summed E-state index contributed by atoms with van der Waals surface area (Å²) in [6.07, 6.45) is 1.68. The number of anilines is 1. The van der Waals surface area contributed by atoms with Crippen LogP contribution < -0.4 is 5.32 Å². The predicted octanol–water partition coefficient (Wildman–Crippen LogP) is 4.99. The monoisotopic (exact) mass is 406 g/mol. The fourth-order valence-corrected chi connectivity index (χ4v) is 3.86. The third kappa shape index (κ3) is 5.69. The first kappa shape index (κ1) is 20.2. The molecule has 1 amide bonds. The van der Waals surface area contributed by atoms with Crippen molar-refractivity contribution in [3.63, 3.8) is 0 Å². The van der Waals surface area contributed by atoms with Crippen LogP contribution in [0.4, 0.5) is 5.69 Å². The molecular weight excluding hydrogens is 383 g/mol. The van der Waals surface area contributed by atoms with Crippen LogP contribution in [0.5, 0.6) is 0 Å². The topological polar surface area (TPSA) is 41.6 Å². The van der Waals surface area contributed by atoms with Crippen LogP contribution in [0.2, 0.25) is 10.0 Å². The number of ether oxygens (including phenoxy) is 1. The Morgan fingerprint density at radius 2 is 1.96 bits per heavy atom. The second-order valence-corrected chi connectivity index (χ2v) is 7.75. The van der Waals surface area contributed by atoms with Gasteiger partial charge in [0.05, 0.1) is 6.61 Å². The molecular formula is C21H24Cl2N2O2. The lowest BCUT2D eigenvalue weighted by atomic mass is 9.95. The third-order valence-electron chi connectivity index (χ3n) is 4.87. The third-order valence-corrected chi connectivity index (χ3v) is 5.46. The van der Waals surface area contributed by atoms with E-state index >= 15 is 0 Å². The van der Waals surface area contributed by atoms with Crippen molar-refractivity contribution in [3.8, 4) is 0 Å². The molecule has 27 heavy (non-hydrogen) atoms. The van der Waals surface area contributed by atoms with Crippen molar-refractivity contribution < 1.29 is 9.53 Å². The van der Waals surface area contributed by atoms with E-state index < -0.39 is 0 Å². The lowest BCUT2D eigenvalue weighted by Crippen LogP contribution is -2.37. The molecule has 1 heterocycles. The van der Waals surface area contributed by atoms with Crippen molar-refractivity contribution in [2.24, 2.45) is 5.92 Å². The van der Waals surface area contributed by atoms with Gasteiger partial charge >= 0.3 is 0 Å². The molecule has 0 atom stereocenters. The summed E-state index contributed by atoms with van der Waals surface area (Å²) in [4.78, 5) is 14.9. The van der Waals surface area contributed by atoms with E-state index in [1.165, 1.54) is 0 Å². The summed E-state index contributed by atoms with van der Waals surface area (Å²) in [6, 6.07) is 13.4. The minimum atomic E-state index is 0.0352. The van der Waals surface area contributed by atoms with E-state index in [0.29, 0.717) is 16.7 Å². The van der Waals surface area contributed by atoms with Gasteiger partial charge in [-0.3, -0.25) is 9.69 Å². The average molecular weight is 407 g/mol. The number of likely N-dealkylation sites (tertiary alicyclic amines) is 1. The van der Waals surface area contributed by atoms with Crippen molar-refractivity contribution in [2.45, 2.75) is 26.0 Å². The van der Waals surface area contributed by atoms with Crippen molar-refractivity contribution in [1.29, 1.82) is 0 Å². The van der Waals surface area contributed by atoms with E-state index in [2.05, 4.69) is 10.2 Å². The van der Waals surface area contributed by atoms with Gasteiger partial charge in [-0.15, -0.1) is 0 Å². The molecule has 2 aromatic rings. The fourth-order valence-electron chi connectivity index (χ4n) is 3.39. The summed E-state index contributed by atoms with van der Waals surface area (Å²) in [5.41, 5.74) is 2.94. The Morgan fingerprint density at radius 1 is 1.19 bits per heavy atom. The molecule has 0 radical (unpaired) electrons. The SMILES string of the molecule is COCc1cccc(NC(=O)C2CCN(Cc3ccc(Cl)cc3Cl)CC2)c1. The summed E-state index contributed by atoms with van der Waals surface area (Å²) >= 11 is 12.2. The zero-order chi connectivity index (χ0) is 19.2. The average Bonchev–Trinajstić information content (AvgIpc) is 2.65. The highest BCUT2D eigenvalue weighted by Crippen LogP contribution is 2.25. The molecule has 0 aromatic heterocycles. The number of methoxy groups -OCH3 is 1. The zero-order valence-electron chi connectivity index (χ0n) is 15.4. The number of amides is 1. The normalized spacial score (nSPS) is 15.7. The molecule has 6 heteroatoms. The predicted molar refractivity (Wildman–Crippen MR) is 110 cm³/mol. The summed E-state index contributed by atoms with van der Waals surface area (Å²) in [6.45, 7) is 3.07. The maximum absolute atomic E-state index is 12.6. The molecule has 1 aliphatic rings. The van der Waals surface area contributed by atoms with E-state index in [0.717, 1.165) is 49.3 Å². The Bertz CT molecular complexity index is 790. The van der Waals surface area contributed by atoms with Gasteiger partial charge in [-0.25, -0.2) is 0 Å². The van der Waals surface area contributed by atoms with Crippen molar-refractivity contribution in [2.75, 3.05) is 25.5 Å². The summed E-state index contributed by atoms with van der Waals surface area (Å²) < 4.78 is 5.14. The Labute approximate surface area is 170 Å². The minimum Gasteiger partial charge on any atom is -0.380 e. The number of nitrogens with one attached hydrogen (secondary N) is 1. The van der Waals surface area contributed by atoms with Crippen molar-refractivity contribution in [3.05, 3.63) is 63.6 Å². The number of carbonyl (C=O) groups excluding carboxylic acids is 1. The zero-order valence-corrected chi connectivity index (χ0v) is 16.9. The standard InChI is InChI=1S/C21H24Cl2N2O2/c1-27-14-15-3-2-4-19(11-15)24-21(26)16-7-9-25(10-8-16)13-17-5-6-18(22)12-20(17)23/h2-6,11-12,16H,7-10,13-14H2,1H3,(H,24,26). The number of rotatable bonds is 6. The Morgan fingerprint density at radius 3 is 2.67 bits per heavy atom. The van der Waals surface area contributed by atoms with E-state index in [1.807, 2.05) is 36.4 Å². The Hall–Kier alpha value is -1.59. The highest BCUT2D eigenvalue weighted by molar-refractivity contribution is 6.35. The summed E-state index contributed by atoms with van der Waals surface area (Å²) in [5, 5.41) is 4.38. The van der Waals surface area contributed by atoms with Gasteiger partial charge in [-0.2, -0.15) is 0 Å². The molecule has 1 saturated heterocycles. The molecule has 0 aliphatic carbocycles. The lowest BCUT2D eigenvalue weighted by molar-refractivity contribution is -0.121. The van der Waals surface area contributed by atoms with Gasteiger partial charge in [0.15, 0.2) is 0 Å². The Kier molecular flexibility index (Phi) is 7.13. The van der Waals surface area contributed by atoms with E-state index in [1.54, 1.807) is 13.2 Å². The maximum atomic E-state index is 12.6. The molecule has 2 aromatic carbocycles. The van der Waals surface area contributed by atoms with Gasteiger partial charge in [0.25, 0.3) is 0 Å².